The Morgan fingerprint density at radius 2 is 2.33 bits per heavy atom. The second kappa shape index (κ2) is 3.88. The summed E-state index contributed by atoms with van der Waals surface area (Å²) in [5.41, 5.74) is 5.90. The van der Waals surface area contributed by atoms with Crippen LogP contribution >= 0.6 is 0 Å². The maximum Gasteiger partial charge on any atom is 0.270 e. The molecule has 0 spiro atoms. The van der Waals surface area contributed by atoms with Crippen LogP contribution in [0.5, 0.6) is 0 Å². The third-order valence-corrected chi connectivity index (χ3v) is 2.69. The molecule has 0 bridgehead atoms. The van der Waals surface area contributed by atoms with Gasteiger partial charge in [0.25, 0.3) is 5.91 Å². The van der Waals surface area contributed by atoms with E-state index in [-0.39, 0.29) is 11.9 Å². The van der Waals surface area contributed by atoms with Gasteiger partial charge in [0.15, 0.2) is 0 Å². The highest BCUT2D eigenvalue weighted by Gasteiger charge is 2.29. The molecule has 0 radical (unpaired) electrons. The molecule has 1 aliphatic rings. The molecule has 1 heterocycles. The van der Waals surface area contributed by atoms with Crippen molar-refractivity contribution >= 4 is 11.7 Å². The molecule has 0 aromatic carbocycles. The second-order valence-corrected chi connectivity index (χ2v) is 4.05. The van der Waals surface area contributed by atoms with Crippen LogP contribution in [-0.2, 0) is 0 Å². The minimum atomic E-state index is -0.137. The van der Waals surface area contributed by atoms with Crippen LogP contribution in [0.4, 0.5) is 5.82 Å². The van der Waals surface area contributed by atoms with Crippen LogP contribution in [0.2, 0.25) is 0 Å². The maximum absolute atomic E-state index is 11.7. The summed E-state index contributed by atoms with van der Waals surface area (Å²) < 4.78 is 0. The van der Waals surface area contributed by atoms with Gasteiger partial charge in [-0.15, -0.1) is 0 Å². The Balaban J connectivity index is 2.00. The van der Waals surface area contributed by atoms with E-state index < -0.39 is 0 Å². The number of rotatable bonds is 3. The topological polar surface area (TPSA) is 68.0 Å². The second-order valence-electron chi connectivity index (χ2n) is 4.05. The van der Waals surface area contributed by atoms with E-state index in [0.29, 0.717) is 17.4 Å². The number of carbonyl (C=O) groups excluding carboxylic acids is 1. The van der Waals surface area contributed by atoms with Gasteiger partial charge < -0.3 is 11.1 Å². The zero-order valence-corrected chi connectivity index (χ0v) is 8.73. The standard InChI is InChI=1S/C11H15N3O/c1-7(8-5-6-8)13-11(15)9-3-2-4-10(12)14-9/h2-4,7-8H,5-6H2,1H3,(H2,12,14)(H,13,15). The third kappa shape index (κ3) is 2.46. The average Bonchev–Trinajstić information content (AvgIpc) is 3.00. The molecule has 1 amide bonds. The predicted molar refractivity (Wildman–Crippen MR) is 58.3 cm³/mol. The summed E-state index contributed by atoms with van der Waals surface area (Å²) >= 11 is 0. The number of hydrogen-bond acceptors (Lipinski definition) is 3. The lowest BCUT2D eigenvalue weighted by atomic mass is 10.2. The van der Waals surface area contributed by atoms with Crippen molar-refractivity contribution < 1.29 is 4.79 Å². The fourth-order valence-corrected chi connectivity index (χ4v) is 1.57. The number of amides is 1. The number of nitrogens with zero attached hydrogens (tertiary/aromatic N) is 1. The summed E-state index contributed by atoms with van der Waals surface area (Å²) in [7, 11) is 0. The van der Waals surface area contributed by atoms with Gasteiger partial charge in [0.2, 0.25) is 0 Å². The zero-order chi connectivity index (χ0) is 10.8. The largest absolute Gasteiger partial charge is 0.384 e. The molecule has 1 aromatic heterocycles. The first-order chi connectivity index (χ1) is 7.16. The highest BCUT2D eigenvalue weighted by molar-refractivity contribution is 5.92. The van der Waals surface area contributed by atoms with E-state index in [1.165, 1.54) is 12.8 Å². The molecule has 4 heteroatoms. The Labute approximate surface area is 88.9 Å². The zero-order valence-electron chi connectivity index (χ0n) is 8.73. The van der Waals surface area contributed by atoms with Gasteiger partial charge in [-0.2, -0.15) is 0 Å². The molecule has 1 aromatic rings. The van der Waals surface area contributed by atoms with Crippen LogP contribution < -0.4 is 11.1 Å². The summed E-state index contributed by atoms with van der Waals surface area (Å²) in [6.45, 7) is 2.03. The lowest BCUT2D eigenvalue weighted by Crippen LogP contribution is -2.34. The molecule has 1 fully saturated rings. The Morgan fingerprint density at radius 3 is 2.93 bits per heavy atom. The van der Waals surface area contributed by atoms with Gasteiger partial charge in [0.1, 0.15) is 11.5 Å². The SMILES string of the molecule is CC(NC(=O)c1cccc(N)n1)C1CC1. The van der Waals surface area contributed by atoms with Gasteiger partial charge in [-0.1, -0.05) is 6.07 Å². The van der Waals surface area contributed by atoms with E-state index in [2.05, 4.69) is 10.3 Å². The van der Waals surface area contributed by atoms with E-state index in [0.717, 1.165) is 0 Å². The number of anilines is 1. The predicted octanol–water partition coefficient (Wildman–Crippen LogP) is 1.19. The molecule has 4 nitrogen and oxygen atoms in total. The van der Waals surface area contributed by atoms with Gasteiger partial charge >= 0.3 is 0 Å². The number of nitrogens with two attached hydrogens (primary N) is 1. The van der Waals surface area contributed by atoms with Crippen LogP contribution in [0, 0.1) is 5.92 Å². The van der Waals surface area contributed by atoms with E-state index in [4.69, 9.17) is 5.73 Å². The van der Waals surface area contributed by atoms with Crippen LogP contribution in [0.25, 0.3) is 0 Å². The molecule has 1 aliphatic carbocycles. The van der Waals surface area contributed by atoms with Crippen molar-refractivity contribution in [3.05, 3.63) is 23.9 Å². The summed E-state index contributed by atoms with van der Waals surface area (Å²) in [5.74, 6) is 0.887. The monoisotopic (exact) mass is 205 g/mol. The molecule has 1 atom stereocenters. The van der Waals surface area contributed by atoms with Crippen molar-refractivity contribution in [2.75, 3.05) is 5.73 Å². The molecule has 2 rings (SSSR count). The van der Waals surface area contributed by atoms with Crippen molar-refractivity contribution in [3.63, 3.8) is 0 Å². The number of pyridine rings is 1. The Kier molecular flexibility index (Phi) is 2.58. The van der Waals surface area contributed by atoms with Crippen LogP contribution in [0.3, 0.4) is 0 Å². The van der Waals surface area contributed by atoms with Crippen LogP contribution in [0.1, 0.15) is 30.3 Å². The molecule has 0 saturated heterocycles. The number of aromatic nitrogens is 1. The summed E-state index contributed by atoms with van der Waals surface area (Å²) in [5, 5.41) is 2.93. The van der Waals surface area contributed by atoms with Crippen LogP contribution in [0.15, 0.2) is 18.2 Å². The number of carbonyl (C=O) groups is 1. The van der Waals surface area contributed by atoms with Crippen molar-refractivity contribution in [1.29, 1.82) is 0 Å². The van der Waals surface area contributed by atoms with E-state index in [1.807, 2.05) is 6.92 Å². The fraction of sp³-hybridized carbons (Fsp3) is 0.455. The Hall–Kier alpha value is -1.58. The first kappa shape index (κ1) is 9.96. The van der Waals surface area contributed by atoms with Crippen molar-refractivity contribution in [3.8, 4) is 0 Å². The smallest absolute Gasteiger partial charge is 0.270 e. The van der Waals surface area contributed by atoms with Crippen molar-refractivity contribution in [2.45, 2.75) is 25.8 Å². The summed E-state index contributed by atoms with van der Waals surface area (Å²) in [4.78, 5) is 15.7. The summed E-state index contributed by atoms with van der Waals surface area (Å²) in [6.07, 6.45) is 2.43. The van der Waals surface area contributed by atoms with Gasteiger partial charge in [-0.25, -0.2) is 4.98 Å². The van der Waals surface area contributed by atoms with E-state index in [1.54, 1.807) is 18.2 Å². The molecule has 1 saturated carbocycles. The fourth-order valence-electron chi connectivity index (χ4n) is 1.57. The quantitative estimate of drug-likeness (QED) is 0.778. The molecular weight excluding hydrogens is 190 g/mol. The number of nitrogens with one attached hydrogen (secondary N) is 1. The first-order valence-electron chi connectivity index (χ1n) is 5.20. The Morgan fingerprint density at radius 1 is 1.60 bits per heavy atom. The van der Waals surface area contributed by atoms with E-state index >= 15 is 0 Å². The first-order valence-corrected chi connectivity index (χ1v) is 5.20. The Bertz CT molecular complexity index is 374. The molecule has 3 N–H and O–H groups in total. The van der Waals surface area contributed by atoms with Gasteiger partial charge in [-0.3, -0.25) is 4.79 Å². The van der Waals surface area contributed by atoms with Gasteiger partial charge in [0.05, 0.1) is 0 Å². The van der Waals surface area contributed by atoms with Crippen LogP contribution in [-0.4, -0.2) is 16.9 Å². The minimum Gasteiger partial charge on any atom is -0.384 e. The molecule has 80 valence electrons. The normalized spacial score (nSPS) is 17.1. The van der Waals surface area contributed by atoms with Crippen molar-refractivity contribution in [1.82, 2.24) is 10.3 Å². The lowest BCUT2D eigenvalue weighted by Gasteiger charge is -2.12. The molecule has 1 unspecified atom stereocenters. The summed E-state index contributed by atoms with van der Waals surface area (Å²) in [6, 6.07) is 5.31. The third-order valence-electron chi connectivity index (χ3n) is 2.69. The molecule has 0 aliphatic heterocycles. The highest BCUT2D eigenvalue weighted by atomic mass is 16.1. The minimum absolute atomic E-state index is 0.137. The number of hydrogen-bond donors (Lipinski definition) is 2. The van der Waals surface area contributed by atoms with Gasteiger partial charge in [-0.05, 0) is 37.8 Å². The average molecular weight is 205 g/mol. The lowest BCUT2D eigenvalue weighted by molar-refractivity contribution is 0.0931. The van der Waals surface area contributed by atoms with Gasteiger partial charge in [0, 0.05) is 6.04 Å². The molecular formula is C11H15N3O. The highest BCUT2D eigenvalue weighted by Crippen LogP contribution is 2.32. The van der Waals surface area contributed by atoms with Crippen molar-refractivity contribution in [2.24, 2.45) is 5.92 Å². The molecule has 15 heavy (non-hydrogen) atoms. The number of nitrogen functional groups attached to an aromatic ring is 1. The van der Waals surface area contributed by atoms with E-state index in [9.17, 15) is 4.79 Å². The maximum atomic E-state index is 11.7.